The van der Waals surface area contributed by atoms with E-state index < -0.39 is 0 Å². The van der Waals surface area contributed by atoms with Crippen molar-refractivity contribution in [3.63, 3.8) is 0 Å². The van der Waals surface area contributed by atoms with Gasteiger partial charge in [-0.1, -0.05) is 30.3 Å². The number of hydrogen-bond donors (Lipinski definition) is 0. The van der Waals surface area contributed by atoms with Crippen molar-refractivity contribution in [1.82, 2.24) is 0 Å². The zero-order valence-electron chi connectivity index (χ0n) is 12.8. The van der Waals surface area contributed by atoms with Crippen LogP contribution in [0.5, 0.6) is 11.5 Å². The van der Waals surface area contributed by atoms with E-state index in [1.807, 2.05) is 55.5 Å². The Kier molecular flexibility index (Phi) is 3.96. The molecule has 3 rings (SSSR count). The van der Waals surface area contributed by atoms with Crippen LogP contribution >= 0.6 is 0 Å². The van der Waals surface area contributed by atoms with Crippen LogP contribution in [0.1, 0.15) is 28.4 Å². The van der Waals surface area contributed by atoms with Crippen molar-refractivity contribution in [2.75, 3.05) is 13.7 Å². The second-order valence-electron chi connectivity index (χ2n) is 5.18. The lowest BCUT2D eigenvalue weighted by Crippen LogP contribution is -1.97. The molecule has 0 atom stereocenters. The maximum Gasteiger partial charge on any atom is 0.189 e. The van der Waals surface area contributed by atoms with Crippen LogP contribution in [-0.4, -0.2) is 19.5 Å². The van der Waals surface area contributed by atoms with Gasteiger partial charge in [0, 0.05) is 17.6 Å². The Morgan fingerprint density at radius 3 is 2.68 bits per heavy atom. The van der Waals surface area contributed by atoms with E-state index in [9.17, 15) is 4.79 Å². The van der Waals surface area contributed by atoms with Crippen molar-refractivity contribution in [3.05, 3.63) is 64.7 Å². The molecule has 2 aromatic rings. The quantitative estimate of drug-likeness (QED) is 0.802. The first-order chi connectivity index (χ1) is 10.7. The number of allylic oxidation sites excluding steroid dienone is 1. The Labute approximate surface area is 130 Å². The number of ketones is 1. The summed E-state index contributed by atoms with van der Waals surface area (Å²) >= 11 is 0. The molecule has 0 heterocycles. The highest BCUT2D eigenvalue weighted by Gasteiger charge is 2.23. The maximum atomic E-state index is 12.4. The molecule has 1 aliphatic carbocycles. The molecule has 0 N–H and O–H groups in total. The van der Waals surface area contributed by atoms with E-state index in [1.54, 1.807) is 7.11 Å². The van der Waals surface area contributed by atoms with Crippen LogP contribution in [0.3, 0.4) is 0 Å². The van der Waals surface area contributed by atoms with Gasteiger partial charge < -0.3 is 9.47 Å². The maximum absolute atomic E-state index is 12.4. The van der Waals surface area contributed by atoms with E-state index in [0.717, 1.165) is 22.3 Å². The number of ether oxygens (including phenoxy) is 2. The van der Waals surface area contributed by atoms with Gasteiger partial charge in [-0.15, -0.1) is 0 Å². The number of methoxy groups -OCH3 is 1. The monoisotopic (exact) mass is 294 g/mol. The fourth-order valence-corrected chi connectivity index (χ4v) is 2.72. The minimum Gasteiger partial charge on any atom is -0.493 e. The molecule has 0 radical (unpaired) electrons. The first kappa shape index (κ1) is 14.4. The van der Waals surface area contributed by atoms with Gasteiger partial charge in [0.05, 0.1) is 13.7 Å². The molecule has 3 nitrogen and oxygen atoms in total. The van der Waals surface area contributed by atoms with Crippen molar-refractivity contribution >= 4 is 11.9 Å². The van der Waals surface area contributed by atoms with Crippen LogP contribution in [0.4, 0.5) is 0 Å². The third-order valence-electron chi connectivity index (χ3n) is 3.76. The fourth-order valence-electron chi connectivity index (χ4n) is 2.72. The number of rotatable bonds is 4. The SMILES string of the molecule is CCOc1cc(C=C2Cc3ccccc3C2=O)ccc1OC. The summed E-state index contributed by atoms with van der Waals surface area (Å²) in [6, 6.07) is 13.5. The van der Waals surface area contributed by atoms with Gasteiger partial charge in [0.1, 0.15) is 0 Å². The second-order valence-corrected chi connectivity index (χ2v) is 5.18. The summed E-state index contributed by atoms with van der Waals surface area (Å²) in [6.07, 6.45) is 2.62. The zero-order valence-corrected chi connectivity index (χ0v) is 12.8. The summed E-state index contributed by atoms with van der Waals surface area (Å²) < 4.78 is 10.9. The summed E-state index contributed by atoms with van der Waals surface area (Å²) in [5, 5.41) is 0. The molecule has 112 valence electrons. The molecule has 1 aliphatic rings. The molecule has 0 unspecified atom stereocenters. The molecule has 0 saturated heterocycles. The van der Waals surface area contributed by atoms with Gasteiger partial charge in [-0.2, -0.15) is 0 Å². The molecule has 0 amide bonds. The summed E-state index contributed by atoms with van der Waals surface area (Å²) in [5.74, 6) is 1.51. The lowest BCUT2D eigenvalue weighted by Gasteiger charge is -2.10. The topological polar surface area (TPSA) is 35.5 Å². The summed E-state index contributed by atoms with van der Waals surface area (Å²) in [7, 11) is 1.62. The van der Waals surface area contributed by atoms with E-state index in [0.29, 0.717) is 24.5 Å². The van der Waals surface area contributed by atoms with E-state index in [2.05, 4.69) is 0 Å². The van der Waals surface area contributed by atoms with Crippen LogP contribution < -0.4 is 9.47 Å². The zero-order chi connectivity index (χ0) is 15.5. The Morgan fingerprint density at radius 2 is 1.95 bits per heavy atom. The molecule has 2 aromatic carbocycles. The molecule has 0 aromatic heterocycles. The molecule has 0 bridgehead atoms. The van der Waals surface area contributed by atoms with Crippen molar-refractivity contribution in [2.24, 2.45) is 0 Å². The number of Topliss-reactive ketones (excluding diaryl/α,β-unsaturated/α-hetero) is 1. The predicted molar refractivity (Wildman–Crippen MR) is 86.6 cm³/mol. The van der Waals surface area contributed by atoms with Gasteiger partial charge in [-0.05, 0) is 36.3 Å². The number of hydrogen-bond acceptors (Lipinski definition) is 3. The summed E-state index contributed by atoms with van der Waals surface area (Å²) in [5.41, 5.74) is 3.67. The predicted octanol–water partition coefficient (Wildman–Crippen LogP) is 3.92. The highest BCUT2D eigenvalue weighted by molar-refractivity contribution is 6.15. The molecule has 0 aliphatic heterocycles. The Morgan fingerprint density at radius 1 is 1.14 bits per heavy atom. The van der Waals surface area contributed by atoms with Gasteiger partial charge in [0.2, 0.25) is 0 Å². The number of benzene rings is 2. The van der Waals surface area contributed by atoms with E-state index in [4.69, 9.17) is 9.47 Å². The van der Waals surface area contributed by atoms with Crippen molar-refractivity contribution in [1.29, 1.82) is 0 Å². The number of fused-ring (bicyclic) bond motifs is 1. The minimum absolute atomic E-state index is 0.115. The molecule has 0 saturated carbocycles. The Hall–Kier alpha value is -2.55. The smallest absolute Gasteiger partial charge is 0.189 e. The fraction of sp³-hybridized carbons (Fsp3) is 0.211. The third-order valence-corrected chi connectivity index (χ3v) is 3.76. The van der Waals surface area contributed by atoms with E-state index >= 15 is 0 Å². The van der Waals surface area contributed by atoms with Crippen LogP contribution in [-0.2, 0) is 6.42 Å². The number of carbonyl (C=O) groups is 1. The molecule has 22 heavy (non-hydrogen) atoms. The third kappa shape index (κ3) is 2.62. The second kappa shape index (κ2) is 6.06. The van der Waals surface area contributed by atoms with Crippen molar-refractivity contribution in [2.45, 2.75) is 13.3 Å². The first-order valence-electron chi connectivity index (χ1n) is 7.37. The molecule has 3 heteroatoms. The van der Waals surface area contributed by atoms with Crippen molar-refractivity contribution in [3.8, 4) is 11.5 Å². The average Bonchev–Trinajstić information content (AvgIpc) is 2.85. The standard InChI is InChI=1S/C19H18O3/c1-3-22-18-11-13(8-9-17(18)21-2)10-15-12-14-6-4-5-7-16(14)19(15)20/h4-11H,3,12H2,1-2H3. The molecular weight excluding hydrogens is 276 g/mol. The lowest BCUT2D eigenvalue weighted by atomic mass is 10.1. The highest BCUT2D eigenvalue weighted by atomic mass is 16.5. The van der Waals surface area contributed by atoms with E-state index in [1.165, 1.54) is 0 Å². The van der Waals surface area contributed by atoms with Gasteiger partial charge >= 0.3 is 0 Å². The first-order valence-corrected chi connectivity index (χ1v) is 7.37. The highest BCUT2D eigenvalue weighted by Crippen LogP contribution is 2.31. The van der Waals surface area contributed by atoms with Crippen LogP contribution in [0.15, 0.2) is 48.0 Å². The molecular formula is C19H18O3. The average molecular weight is 294 g/mol. The van der Waals surface area contributed by atoms with Gasteiger partial charge in [0.25, 0.3) is 0 Å². The van der Waals surface area contributed by atoms with Gasteiger partial charge in [-0.25, -0.2) is 0 Å². The molecule has 0 fully saturated rings. The van der Waals surface area contributed by atoms with Crippen molar-refractivity contribution < 1.29 is 14.3 Å². The normalized spacial score (nSPS) is 15.0. The number of carbonyl (C=O) groups excluding carboxylic acids is 1. The summed E-state index contributed by atoms with van der Waals surface area (Å²) in [4.78, 5) is 12.4. The van der Waals surface area contributed by atoms with E-state index in [-0.39, 0.29) is 5.78 Å². The largest absolute Gasteiger partial charge is 0.493 e. The Balaban J connectivity index is 1.93. The summed E-state index contributed by atoms with van der Waals surface area (Å²) in [6.45, 7) is 2.50. The molecule has 0 spiro atoms. The minimum atomic E-state index is 0.115. The lowest BCUT2D eigenvalue weighted by molar-refractivity contribution is 0.104. The van der Waals surface area contributed by atoms with Gasteiger partial charge in [-0.3, -0.25) is 4.79 Å². The van der Waals surface area contributed by atoms with Crippen LogP contribution in [0, 0.1) is 0 Å². The van der Waals surface area contributed by atoms with Crippen LogP contribution in [0.2, 0.25) is 0 Å². The van der Waals surface area contributed by atoms with Crippen LogP contribution in [0.25, 0.3) is 6.08 Å². The Bertz CT molecular complexity index is 744. The van der Waals surface area contributed by atoms with Gasteiger partial charge in [0.15, 0.2) is 17.3 Å².